The lowest BCUT2D eigenvalue weighted by Gasteiger charge is -2.07. The summed E-state index contributed by atoms with van der Waals surface area (Å²) in [6.07, 6.45) is 0. The third-order valence-corrected chi connectivity index (χ3v) is 4.03. The molecular formula is C21H18N2O2. The first kappa shape index (κ1) is 15.3. The van der Waals surface area contributed by atoms with Gasteiger partial charge in [-0.3, -0.25) is 0 Å². The van der Waals surface area contributed by atoms with E-state index in [4.69, 9.17) is 14.9 Å². The van der Waals surface area contributed by atoms with Gasteiger partial charge >= 0.3 is 0 Å². The van der Waals surface area contributed by atoms with Crippen molar-refractivity contribution in [3.8, 4) is 28.3 Å². The van der Waals surface area contributed by atoms with Crippen molar-refractivity contribution in [1.82, 2.24) is 4.98 Å². The lowest BCUT2D eigenvalue weighted by atomic mass is 10.1. The minimum absolute atomic E-state index is 0.510. The molecule has 0 unspecified atom stereocenters. The third-order valence-electron chi connectivity index (χ3n) is 4.03. The number of oxazole rings is 1. The number of rotatable bonds is 4. The van der Waals surface area contributed by atoms with Gasteiger partial charge in [-0.1, -0.05) is 36.4 Å². The van der Waals surface area contributed by atoms with Crippen LogP contribution in [0.25, 0.3) is 33.7 Å². The van der Waals surface area contributed by atoms with Crippen molar-refractivity contribution >= 4 is 16.8 Å². The molecule has 4 rings (SSSR count). The second kappa shape index (κ2) is 6.32. The summed E-state index contributed by atoms with van der Waals surface area (Å²) >= 11 is 0. The van der Waals surface area contributed by atoms with Crippen LogP contribution in [0, 0.1) is 0 Å². The highest BCUT2D eigenvalue weighted by Gasteiger charge is 2.14. The molecule has 0 radical (unpaired) electrons. The van der Waals surface area contributed by atoms with E-state index < -0.39 is 0 Å². The van der Waals surface area contributed by atoms with Crippen molar-refractivity contribution in [2.75, 3.05) is 12.3 Å². The van der Waals surface area contributed by atoms with Crippen LogP contribution in [0.15, 0.2) is 71.1 Å². The fourth-order valence-electron chi connectivity index (χ4n) is 2.85. The van der Waals surface area contributed by atoms with Gasteiger partial charge in [0.2, 0.25) is 5.89 Å². The van der Waals surface area contributed by atoms with Gasteiger partial charge in [0.05, 0.1) is 12.2 Å². The van der Waals surface area contributed by atoms with Gasteiger partial charge < -0.3 is 14.9 Å². The highest BCUT2D eigenvalue weighted by atomic mass is 16.5. The molecule has 124 valence electrons. The first-order valence-corrected chi connectivity index (χ1v) is 8.23. The minimum Gasteiger partial charge on any atom is -0.493 e. The third kappa shape index (κ3) is 2.94. The summed E-state index contributed by atoms with van der Waals surface area (Å²) in [4.78, 5) is 4.65. The summed E-state index contributed by atoms with van der Waals surface area (Å²) in [5.74, 6) is 1.22. The zero-order valence-electron chi connectivity index (χ0n) is 13.9. The molecule has 0 atom stereocenters. The number of hydrogen-bond acceptors (Lipinski definition) is 4. The molecule has 4 aromatic rings. The summed E-state index contributed by atoms with van der Waals surface area (Å²) in [5, 5.41) is 0. The quantitative estimate of drug-likeness (QED) is 0.526. The Morgan fingerprint density at radius 3 is 2.60 bits per heavy atom. The predicted octanol–water partition coefficient (Wildman–Crippen LogP) is 5.14. The monoisotopic (exact) mass is 330 g/mol. The van der Waals surface area contributed by atoms with Crippen LogP contribution in [0.3, 0.4) is 0 Å². The number of anilines is 1. The van der Waals surface area contributed by atoms with Gasteiger partial charge in [-0.15, -0.1) is 0 Å². The molecule has 0 saturated heterocycles. The van der Waals surface area contributed by atoms with E-state index in [1.54, 1.807) is 0 Å². The zero-order chi connectivity index (χ0) is 17.2. The SMILES string of the molecule is CCOc1ccc(N)cc1-c1nc2cc(-c3ccccc3)ccc2o1. The van der Waals surface area contributed by atoms with E-state index in [0.717, 1.165) is 27.8 Å². The summed E-state index contributed by atoms with van der Waals surface area (Å²) in [6, 6.07) is 21.7. The summed E-state index contributed by atoms with van der Waals surface area (Å²) in [5.41, 5.74) is 11.1. The second-order valence-electron chi connectivity index (χ2n) is 5.76. The van der Waals surface area contributed by atoms with Gasteiger partial charge in [0.25, 0.3) is 0 Å². The van der Waals surface area contributed by atoms with Crippen molar-refractivity contribution in [2.24, 2.45) is 0 Å². The van der Waals surface area contributed by atoms with Crippen molar-refractivity contribution in [1.29, 1.82) is 0 Å². The maximum absolute atomic E-state index is 5.94. The van der Waals surface area contributed by atoms with E-state index in [1.807, 2.05) is 61.5 Å². The molecular weight excluding hydrogens is 312 g/mol. The average Bonchev–Trinajstić information content (AvgIpc) is 3.07. The van der Waals surface area contributed by atoms with Crippen LogP contribution >= 0.6 is 0 Å². The van der Waals surface area contributed by atoms with Gasteiger partial charge in [-0.05, 0) is 48.4 Å². The lowest BCUT2D eigenvalue weighted by molar-refractivity contribution is 0.340. The number of hydrogen-bond donors (Lipinski definition) is 1. The molecule has 4 heteroatoms. The van der Waals surface area contributed by atoms with Gasteiger partial charge in [0.15, 0.2) is 5.58 Å². The van der Waals surface area contributed by atoms with E-state index in [1.165, 1.54) is 0 Å². The van der Waals surface area contributed by atoms with Crippen molar-refractivity contribution in [3.63, 3.8) is 0 Å². The number of nitrogens with two attached hydrogens (primary N) is 1. The maximum Gasteiger partial charge on any atom is 0.231 e. The Hall–Kier alpha value is -3.27. The average molecular weight is 330 g/mol. The van der Waals surface area contributed by atoms with E-state index in [9.17, 15) is 0 Å². The number of fused-ring (bicyclic) bond motifs is 1. The zero-order valence-corrected chi connectivity index (χ0v) is 13.9. The Morgan fingerprint density at radius 2 is 1.80 bits per heavy atom. The minimum atomic E-state index is 0.510. The standard InChI is InChI=1S/C21H18N2O2/c1-2-24-19-11-9-16(22)13-17(19)21-23-18-12-15(8-10-20(18)25-21)14-6-4-3-5-7-14/h3-13H,2,22H2,1H3. The highest BCUT2D eigenvalue weighted by Crippen LogP contribution is 2.34. The smallest absolute Gasteiger partial charge is 0.231 e. The Balaban J connectivity index is 1.81. The summed E-state index contributed by atoms with van der Waals surface area (Å²) < 4.78 is 11.6. The van der Waals surface area contributed by atoms with Gasteiger partial charge in [0.1, 0.15) is 11.3 Å². The van der Waals surface area contributed by atoms with Crippen molar-refractivity contribution in [3.05, 3.63) is 66.7 Å². The van der Waals surface area contributed by atoms with Crippen LogP contribution in [0.5, 0.6) is 5.75 Å². The molecule has 25 heavy (non-hydrogen) atoms. The van der Waals surface area contributed by atoms with Crippen molar-refractivity contribution < 1.29 is 9.15 Å². The molecule has 2 N–H and O–H groups in total. The van der Waals surface area contributed by atoms with Crippen LogP contribution in [0.2, 0.25) is 0 Å². The maximum atomic E-state index is 5.94. The largest absolute Gasteiger partial charge is 0.493 e. The second-order valence-corrected chi connectivity index (χ2v) is 5.76. The molecule has 0 aliphatic carbocycles. The van der Waals surface area contributed by atoms with Crippen LogP contribution in [0.4, 0.5) is 5.69 Å². The molecule has 0 bridgehead atoms. The first-order chi connectivity index (χ1) is 12.2. The molecule has 0 saturated carbocycles. The number of benzene rings is 3. The fourth-order valence-corrected chi connectivity index (χ4v) is 2.85. The van der Waals surface area contributed by atoms with Gasteiger partial charge in [-0.25, -0.2) is 4.98 Å². The molecule has 1 heterocycles. The predicted molar refractivity (Wildman–Crippen MR) is 100 cm³/mol. The summed E-state index contributed by atoms with van der Waals surface area (Å²) in [6.45, 7) is 2.51. The van der Waals surface area contributed by atoms with Crippen molar-refractivity contribution in [2.45, 2.75) is 6.92 Å². The lowest BCUT2D eigenvalue weighted by Crippen LogP contribution is -1.95. The van der Waals surface area contributed by atoms with Crippen LogP contribution in [-0.4, -0.2) is 11.6 Å². The Labute approximate surface area is 145 Å². The van der Waals surface area contributed by atoms with Crippen LogP contribution < -0.4 is 10.5 Å². The molecule has 0 aliphatic heterocycles. The molecule has 1 aromatic heterocycles. The molecule has 0 aliphatic rings. The van der Waals surface area contributed by atoms with Gasteiger partial charge in [0, 0.05) is 5.69 Å². The Kier molecular flexibility index (Phi) is 3.86. The van der Waals surface area contributed by atoms with Crippen LogP contribution in [0.1, 0.15) is 6.92 Å². The summed E-state index contributed by atoms with van der Waals surface area (Å²) in [7, 11) is 0. The first-order valence-electron chi connectivity index (χ1n) is 8.23. The molecule has 4 nitrogen and oxygen atoms in total. The number of aromatic nitrogens is 1. The van der Waals surface area contributed by atoms with Crippen LogP contribution in [-0.2, 0) is 0 Å². The van der Waals surface area contributed by atoms with E-state index >= 15 is 0 Å². The number of nitrogens with zero attached hydrogens (tertiary/aromatic N) is 1. The normalized spacial score (nSPS) is 10.9. The molecule has 0 fully saturated rings. The van der Waals surface area contributed by atoms with E-state index in [-0.39, 0.29) is 0 Å². The fraction of sp³-hybridized carbons (Fsp3) is 0.0952. The molecule has 3 aromatic carbocycles. The number of nitrogen functional groups attached to an aromatic ring is 1. The van der Waals surface area contributed by atoms with E-state index in [2.05, 4.69) is 17.1 Å². The number of ether oxygens (including phenoxy) is 1. The van der Waals surface area contributed by atoms with Gasteiger partial charge in [-0.2, -0.15) is 0 Å². The molecule has 0 spiro atoms. The Morgan fingerprint density at radius 1 is 0.960 bits per heavy atom. The topological polar surface area (TPSA) is 61.3 Å². The highest BCUT2D eigenvalue weighted by molar-refractivity contribution is 5.83. The molecule has 0 amide bonds. The Bertz CT molecular complexity index is 1020. The van der Waals surface area contributed by atoms with E-state index in [0.29, 0.717) is 23.9 Å².